The Bertz CT molecular complexity index is 397. The number of hydrogen-bond donors (Lipinski definition) is 1. The molecule has 1 fully saturated rings. The molecule has 18 heavy (non-hydrogen) atoms. The highest BCUT2D eigenvalue weighted by Crippen LogP contribution is 2.24. The molecule has 1 aliphatic rings. The molecule has 0 saturated heterocycles. The third-order valence-electron chi connectivity index (χ3n) is 3.64. The Morgan fingerprint density at radius 3 is 2.72 bits per heavy atom. The second kappa shape index (κ2) is 6.43. The largest absolute Gasteiger partial charge is 0.465 e. The summed E-state index contributed by atoms with van der Waals surface area (Å²) in [5, 5.41) is 3.40. The van der Waals surface area contributed by atoms with Crippen LogP contribution in [-0.4, -0.2) is 19.6 Å². The van der Waals surface area contributed by atoms with Gasteiger partial charge < -0.3 is 10.1 Å². The van der Waals surface area contributed by atoms with Crippen LogP contribution in [-0.2, 0) is 4.74 Å². The Balaban J connectivity index is 1.97. The number of para-hydroxylation sites is 1. The lowest BCUT2D eigenvalue weighted by Gasteiger charge is -2.22. The fourth-order valence-corrected chi connectivity index (χ4v) is 2.57. The Kier molecular flexibility index (Phi) is 4.62. The van der Waals surface area contributed by atoms with E-state index >= 15 is 0 Å². The van der Waals surface area contributed by atoms with E-state index in [2.05, 4.69) is 5.32 Å². The van der Waals surface area contributed by atoms with E-state index in [4.69, 9.17) is 4.74 Å². The van der Waals surface area contributed by atoms with Crippen molar-refractivity contribution >= 4 is 11.7 Å². The average molecular weight is 247 g/mol. The molecule has 0 aromatic heterocycles. The molecular formula is C15H21NO2. The van der Waals surface area contributed by atoms with Crippen molar-refractivity contribution in [3.05, 3.63) is 29.8 Å². The Morgan fingerprint density at radius 2 is 2.00 bits per heavy atom. The maximum Gasteiger partial charge on any atom is 0.339 e. The first-order valence-corrected chi connectivity index (χ1v) is 6.72. The lowest BCUT2D eigenvalue weighted by Crippen LogP contribution is -2.18. The van der Waals surface area contributed by atoms with Crippen LogP contribution in [0.15, 0.2) is 24.3 Å². The highest BCUT2D eigenvalue weighted by atomic mass is 16.5. The van der Waals surface area contributed by atoms with Gasteiger partial charge in [0.15, 0.2) is 0 Å². The van der Waals surface area contributed by atoms with Crippen molar-refractivity contribution in [2.24, 2.45) is 5.92 Å². The first-order valence-electron chi connectivity index (χ1n) is 6.72. The lowest BCUT2D eigenvalue weighted by molar-refractivity contribution is 0.0602. The van der Waals surface area contributed by atoms with Crippen LogP contribution >= 0.6 is 0 Å². The molecule has 2 rings (SSSR count). The molecule has 0 heterocycles. The number of nitrogens with one attached hydrogen (secondary N) is 1. The molecule has 1 aliphatic carbocycles. The monoisotopic (exact) mass is 247 g/mol. The summed E-state index contributed by atoms with van der Waals surface area (Å²) in [6, 6.07) is 7.54. The molecule has 98 valence electrons. The quantitative estimate of drug-likeness (QED) is 0.828. The number of carbonyl (C=O) groups is 1. The van der Waals surface area contributed by atoms with E-state index in [1.165, 1.54) is 39.2 Å². The molecule has 1 aromatic rings. The first kappa shape index (κ1) is 12.9. The smallest absolute Gasteiger partial charge is 0.339 e. The lowest BCUT2D eigenvalue weighted by atomic mass is 9.89. The van der Waals surface area contributed by atoms with Gasteiger partial charge in [-0.25, -0.2) is 4.79 Å². The summed E-state index contributed by atoms with van der Waals surface area (Å²) in [4.78, 5) is 11.6. The van der Waals surface area contributed by atoms with Crippen molar-refractivity contribution in [1.82, 2.24) is 0 Å². The van der Waals surface area contributed by atoms with E-state index in [1.54, 1.807) is 6.07 Å². The van der Waals surface area contributed by atoms with Gasteiger partial charge in [-0.15, -0.1) is 0 Å². The predicted octanol–water partition coefficient (Wildman–Crippen LogP) is 3.47. The molecule has 0 radical (unpaired) electrons. The first-order chi connectivity index (χ1) is 8.81. The number of hydrogen-bond acceptors (Lipinski definition) is 3. The normalized spacial score (nSPS) is 16.3. The molecular weight excluding hydrogens is 226 g/mol. The molecule has 0 spiro atoms. The second-order valence-electron chi connectivity index (χ2n) is 4.92. The van der Waals surface area contributed by atoms with Crippen molar-refractivity contribution < 1.29 is 9.53 Å². The fourth-order valence-electron chi connectivity index (χ4n) is 2.57. The van der Waals surface area contributed by atoms with Gasteiger partial charge in [-0.2, -0.15) is 0 Å². The molecule has 1 N–H and O–H groups in total. The van der Waals surface area contributed by atoms with E-state index < -0.39 is 0 Å². The molecule has 0 bridgehead atoms. The Morgan fingerprint density at radius 1 is 1.28 bits per heavy atom. The van der Waals surface area contributed by atoms with Crippen molar-refractivity contribution in [3.63, 3.8) is 0 Å². The number of benzene rings is 1. The molecule has 0 unspecified atom stereocenters. The van der Waals surface area contributed by atoms with Gasteiger partial charge in [-0.05, 0) is 30.9 Å². The van der Waals surface area contributed by atoms with Crippen molar-refractivity contribution in [1.29, 1.82) is 0 Å². The van der Waals surface area contributed by atoms with Crippen LogP contribution in [0.25, 0.3) is 0 Å². The zero-order chi connectivity index (χ0) is 12.8. The second-order valence-corrected chi connectivity index (χ2v) is 4.92. The van der Waals surface area contributed by atoms with Gasteiger partial charge in [-0.3, -0.25) is 0 Å². The molecule has 0 amide bonds. The standard InChI is InChI=1S/C15H21NO2/c1-18-15(17)13-9-5-6-10-14(13)16-11-12-7-3-2-4-8-12/h5-6,9-10,12,16H,2-4,7-8,11H2,1H3. The highest BCUT2D eigenvalue weighted by molar-refractivity contribution is 5.95. The van der Waals surface area contributed by atoms with Crippen LogP contribution in [0.4, 0.5) is 5.69 Å². The minimum Gasteiger partial charge on any atom is -0.465 e. The van der Waals surface area contributed by atoms with Gasteiger partial charge in [0.2, 0.25) is 0 Å². The zero-order valence-electron chi connectivity index (χ0n) is 10.9. The van der Waals surface area contributed by atoms with E-state index in [0.717, 1.165) is 18.2 Å². The van der Waals surface area contributed by atoms with Crippen molar-refractivity contribution in [3.8, 4) is 0 Å². The van der Waals surface area contributed by atoms with Gasteiger partial charge in [0.05, 0.1) is 12.7 Å². The maximum atomic E-state index is 11.6. The van der Waals surface area contributed by atoms with Gasteiger partial charge in [0, 0.05) is 12.2 Å². The minimum atomic E-state index is -0.276. The third-order valence-corrected chi connectivity index (χ3v) is 3.64. The number of ether oxygens (including phenoxy) is 1. The van der Waals surface area contributed by atoms with Crippen LogP contribution in [0.5, 0.6) is 0 Å². The zero-order valence-corrected chi connectivity index (χ0v) is 10.9. The van der Waals surface area contributed by atoms with Gasteiger partial charge >= 0.3 is 5.97 Å². The number of rotatable bonds is 4. The molecule has 3 nitrogen and oxygen atoms in total. The SMILES string of the molecule is COC(=O)c1ccccc1NCC1CCCCC1. The van der Waals surface area contributed by atoms with E-state index in [1.807, 2.05) is 18.2 Å². The van der Waals surface area contributed by atoms with Crippen molar-refractivity contribution in [2.45, 2.75) is 32.1 Å². The van der Waals surface area contributed by atoms with E-state index in [9.17, 15) is 4.79 Å². The van der Waals surface area contributed by atoms with Gasteiger partial charge in [0.1, 0.15) is 0 Å². The van der Waals surface area contributed by atoms with Crippen LogP contribution < -0.4 is 5.32 Å². The Hall–Kier alpha value is -1.51. The van der Waals surface area contributed by atoms with Crippen LogP contribution in [0, 0.1) is 5.92 Å². The van der Waals surface area contributed by atoms with E-state index in [0.29, 0.717) is 5.56 Å². The van der Waals surface area contributed by atoms with E-state index in [-0.39, 0.29) is 5.97 Å². The van der Waals surface area contributed by atoms with Crippen LogP contribution in [0.2, 0.25) is 0 Å². The minimum absolute atomic E-state index is 0.276. The topological polar surface area (TPSA) is 38.3 Å². The molecule has 1 saturated carbocycles. The average Bonchev–Trinajstić information content (AvgIpc) is 2.45. The van der Waals surface area contributed by atoms with Crippen molar-refractivity contribution in [2.75, 3.05) is 19.0 Å². The molecule has 0 atom stereocenters. The van der Waals surface area contributed by atoms with Gasteiger partial charge in [-0.1, -0.05) is 31.4 Å². The molecule has 3 heteroatoms. The number of methoxy groups -OCH3 is 1. The summed E-state index contributed by atoms with van der Waals surface area (Å²) >= 11 is 0. The van der Waals surface area contributed by atoms with Crippen LogP contribution in [0.3, 0.4) is 0 Å². The fraction of sp³-hybridized carbons (Fsp3) is 0.533. The van der Waals surface area contributed by atoms with Gasteiger partial charge in [0.25, 0.3) is 0 Å². The summed E-state index contributed by atoms with van der Waals surface area (Å²) in [7, 11) is 1.42. The Labute approximate surface area is 109 Å². The predicted molar refractivity (Wildman–Crippen MR) is 72.8 cm³/mol. The molecule has 1 aromatic carbocycles. The summed E-state index contributed by atoms with van der Waals surface area (Å²) in [5.74, 6) is 0.464. The summed E-state index contributed by atoms with van der Waals surface area (Å²) in [6.45, 7) is 0.952. The highest BCUT2D eigenvalue weighted by Gasteiger charge is 2.15. The summed E-state index contributed by atoms with van der Waals surface area (Å²) in [6.07, 6.45) is 6.64. The molecule has 0 aliphatic heterocycles. The summed E-state index contributed by atoms with van der Waals surface area (Å²) < 4.78 is 4.79. The third kappa shape index (κ3) is 3.25. The number of anilines is 1. The number of carbonyl (C=O) groups excluding carboxylic acids is 1. The summed E-state index contributed by atoms with van der Waals surface area (Å²) in [5.41, 5.74) is 1.51. The van der Waals surface area contributed by atoms with Crippen LogP contribution in [0.1, 0.15) is 42.5 Å². The maximum absolute atomic E-state index is 11.6. The number of esters is 1.